The van der Waals surface area contributed by atoms with Gasteiger partial charge in [-0.05, 0) is 85.3 Å². The summed E-state index contributed by atoms with van der Waals surface area (Å²) in [6.07, 6.45) is -0.629. The van der Waals surface area contributed by atoms with Crippen molar-refractivity contribution < 1.29 is 22.7 Å². The van der Waals surface area contributed by atoms with Gasteiger partial charge in [0, 0.05) is 28.0 Å². The molecule has 1 amide bonds. The number of amides is 1. The van der Waals surface area contributed by atoms with Crippen LogP contribution in [0.2, 0.25) is 0 Å². The van der Waals surface area contributed by atoms with Gasteiger partial charge in [0.15, 0.2) is 0 Å². The molecule has 8 nitrogen and oxygen atoms in total. The van der Waals surface area contributed by atoms with Gasteiger partial charge in [-0.3, -0.25) is 14.4 Å². The Bertz CT molecular complexity index is 1990. The lowest BCUT2D eigenvalue weighted by Gasteiger charge is -2.46. The van der Waals surface area contributed by atoms with Crippen LogP contribution in [0.3, 0.4) is 0 Å². The number of rotatable bonds is 9. The molecule has 0 radical (unpaired) electrons. The molecule has 1 heterocycles. The molecule has 0 fully saturated rings. The van der Waals surface area contributed by atoms with Gasteiger partial charge in [-0.2, -0.15) is 0 Å². The molecule has 5 aromatic rings. The topological polar surface area (TPSA) is 88.2 Å². The van der Waals surface area contributed by atoms with Gasteiger partial charge < -0.3 is 14.4 Å². The van der Waals surface area contributed by atoms with Crippen LogP contribution in [0.4, 0.5) is 17.1 Å². The van der Waals surface area contributed by atoms with Gasteiger partial charge >= 0.3 is 0 Å². The zero-order chi connectivity index (χ0) is 32.4. The lowest BCUT2D eigenvalue weighted by atomic mass is 9.98. The van der Waals surface area contributed by atoms with Gasteiger partial charge in [0.05, 0.1) is 30.4 Å². The van der Waals surface area contributed by atoms with Crippen molar-refractivity contribution >= 4 is 48.9 Å². The maximum Gasteiger partial charge on any atom is 0.262 e. The van der Waals surface area contributed by atoms with E-state index in [2.05, 4.69) is 25.6 Å². The van der Waals surface area contributed by atoms with E-state index in [0.717, 1.165) is 21.2 Å². The minimum atomic E-state index is -4.04. The van der Waals surface area contributed by atoms with Crippen LogP contribution in [0.1, 0.15) is 33.2 Å². The van der Waals surface area contributed by atoms with E-state index < -0.39 is 16.2 Å². The standard InChI is InChI=1S/C36H32BrN3O5S/c1-24-9-14-28(15-10-24)40-35(32-21-26(37)11-20-34(32)45-3)39(23-25-7-5-4-6-8-25)33-19-18-30(22-31(33)36(40)41)46(42,43)38-27-12-16-29(44-2)17-13-27/h4-22,35,38H,23H2,1-3H3/t35-/m0/s1. The van der Waals surface area contributed by atoms with Crippen molar-refractivity contribution in [3.8, 4) is 11.5 Å². The van der Waals surface area contributed by atoms with Crippen molar-refractivity contribution in [3.05, 3.63) is 142 Å². The molecule has 234 valence electrons. The maximum absolute atomic E-state index is 14.7. The summed E-state index contributed by atoms with van der Waals surface area (Å²) in [5.41, 5.74) is 4.74. The highest BCUT2D eigenvalue weighted by Crippen LogP contribution is 2.46. The van der Waals surface area contributed by atoms with Crippen LogP contribution < -0.4 is 24.0 Å². The van der Waals surface area contributed by atoms with Gasteiger partial charge in [0.1, 0.15) is 17.7 Å². The quantitative estimate of drug-likeness (QED) is 0.168. The normalized spacial score (nSPS) is 14.5. The van der Waals surface area contributed by atoms with Crippen LogP contribution in [0.5, 0.6) is 11.5 Å². The number of anilines is 3. The highest BCUT2D eigenvalue weighted by molar-refractivity contribution is 9.10. The Morgan fingerprint density at radius 2 is 1.54 bits per heavy atom. The van der Waals surface area contributed by atoms with Crippen molar-refractivity contribution in [1.29, 1.82) is 0 Å². The molecule has 1 aliphatic rings. The molecule has 0 bridgehead atoms. The first kappa shape index (κ1) is 31.2. The molecule has 0 unspecified atom stereocenters. The molecule has 5 aromatic carbocycles. The summed E-state index contributed by atoms with van der Waals surface area (Å²) in [5.74, 6) is 0.882. The second-order valence-corrected chi connectivity index (χ2v) is 13.5. The van der Waals surface area contributed by atoms with Crippen LogP contribution >= 0.6 is 15.9 Å². The first-order valence-corrected chi connectivity index (χ1v) is 16.8. The Balaban J connectivity index is 1.54. The molecule has 0 spiro atoms. The second-order valence-electron chi connectivity index (χ2n) is 10.9. The van der Waals surface area contributed by atoms with Gasteiger partial charge in [0.2, 0.25) is 0 Å². The predicted molar refractivity (Wildman–Crippen MR) is 184 cm³/mol. The average molecular weight is 699 g/mol. The molecule has 6 rings (SSSR count). The van der Waals surface area contributed by atoms with Crippen LogP contribution in [0, 0.1) is 6.92 Å². The van der Waals surface area contributed by atoms with Crippen LogP contribution in [-0.4, -0.2) is 28.5 Å². The maximum atomic E-state index is 14.7. The van der Waals surface area contributed by atoms with E-state index in [0.29, 0.717) is 35.1 Å². The van der Waals surface area contributed by atoms with E-state index in [-0.39, 0.29) is 16.4 Å². The number of hydrogen-bond donors (Lipinski definition) is 1. The summed E-state index contributed by atoms with van der Waals surface area (Å²) in [7, 11) is -0.892. The zero-order valence-electron chi connectivity index (χ0n) is 25.5. The number of nitrogens with zero attached hydrogens (tertiary/aromatic N) is 2. The molecule has 1 atom stereocenters. The lowest BCUT2D eigenvalue weighted by molar-refractivity contribution is 0.0967. The number of halogens is 1. The Morgan fingerprint density at radius 1 is 0.826 bits per heavy atom. The van der Waals surface area contributed by atoms with Gasteiger partial charge in [-0.1, -0.05) is 64.0 Å². The predicted octanol–water partition coefficient (Wildman–Crippen LogP) is 7.94. The van der Waals surface area contributed by atoms with E-state index in [1.807, 2.05) is 79.7 Å². The summed E-state index contributed by atoms with van der Waals surface area (Å²) in [5, 5.41) is 0. The van der Waals surface area contributed by atoms with E-state index in [4.69, 9.17) is 9.47 Å². The number of methoxy groups -OCH3 is 2. The molecule has 0 aliphatic carbocycles. The van der Waals surface area contributed by atoms with Gasteiger partial charge in [0.25, 0.3) is 15.9 Å². The highest BCUT2D eigenvalue weighted by atomic mass is 79.9. The van der Waals surface area contributed by atoms with E-state index in [9.17, 15) is 13.2 Å². The third-order valence-electron chi connectivity index (χ3n) is 7.90. The summed E-state index contributed by atoms with van der Waals surface area (Å²) in [4.78, 5) is 18.5. The fourth-order valence-corrected chi connectivity index (χ4v) is 7.08. The summed E-state index contributed by atoms with van der Waals surface area (Å²) >= 11 is 3.62. The number of nitrogens with one attached hydrogen (secondary N) is 1. The number of benzene rings is 5. The van der Waals surface area contributed by atoms with Crippen molar-refractivity contribution in [3.63, 3.8) is 0 Å². The number of ether oxygens (including phenoxy) is 2. The molecule has 0 saturated carbocycles. The number of sulfonamides is 1. The van der Waals surface area contributed by atoms with Crippen LogP contribution in [0.25, 0.3) is 0 Å². The number of fused-ring (bicyclic) bond motifs is 1. The minimum absolute atomic E-state index is 0.0302. The van der Waals surface area contributed by atoms with Crippen molar-refractivity contribution in [2.24, 2.45) is 0 Å². The molecule has 46 heavy (non-hydrogen) atoms. The third kappa shape index (κ3) is 6.18. The Morgan fingerprint density at radius 3 is 2.22 bits per heavy atom. The van der Waals surface area contributed by atoms with E-state index >= 15 is 0 Å². The number of hydrogen-bond acceptors (Lipinski definition) is 6. The first-order valence-electron chi connectivity index (χ1n) is 14.5. The third-order valence-corrected chi connectivity index (χ3v) is 9.77. The monoisotopic (exact) mass is 697 g/mol. The minimum Gasteiger partial charge on any atom is -0.497 e. The zero-order valence-corrected chi connectivity index (χ0v) is 27.9. The molecule has 0 aromatic heterocycles. The Labute approximate surface area is 277 Å². The number of aryl methyl sites for hydroxylation is 1. The molecule has 10 heteroatoms. The first-order chi connectivity index (χ1) is 22.2. The molecule has 0 saturated heterocycles. The Hall–Kier alpha value is -4.80. The summed E-state index contributed by atoms with van der Waals surface area (Å²) < 4.78 is 41.7. The summed E-state index contributed by atoms with van der Waals surface area (Å²) in [6, 6.07) is 34.7. The number of carbonyl (C=O) groups excluding carboxylic acids is 1. The van der Waals surface area contributed by atoms with Crippen molar-refractivity contribution in [1.82, 2.24) is 0 Å². The largest absolute Gasteiger partial charge is 0.497 e. The molecular weight excluding hydrogens is 666 g/mol. The fourth-order valence-electron chi connectivity index (χ4n) is 5.62. The molecule has 1 aliphatic heterocycles. The average Bonchev–Trinajstić information content (AvgIpc) is 3.07. The molecular formula is C36H32BrN3O5S. The smallest absolute Gasteiger partial charge is 0.262 e. The van der Waals surface area contributed by atoms with E-state index in [1.54, 1.807) is 49.5 Å². The summed E-state index contributed by atoms with van der Waals surface area (Å²) in [6.45, 7) is 2.42. The Kier molecular flexibility index (Phi) is 8.75. The van der Waals surface area contributed by atoms with Crippen molar-refractivity contribution in [2.45, 2.75) is 24.5 Å². The fraction of sp³-hybridized carbons (Fsp3) is 0.139. The van der Waals surface area contributed by atoms with Gasteiger partial charge in [-0.25, -0.2) is 8.42 Å². The second kappa shape index (κ2) is 12.9. The highest BCUT2D eigenvalue weighted by Gasteiger charge is 2.41. The molecule has 1 N–H and O–H groups in total. The van der Waals surface area contributed by atoms with Crippen LogP contribution in [0.15, 0.2) is 125 Å². The number of carbonyl (C=O) groups is 1. The van der Waals surface area contributed by atoms with E-state index in [1.165, 1.54) is 12.1 Å². The van der Waals surface area contributed by atoms with Crippen LogP contribution in [-0.2, 0) is 16.6 Å². The SMILES string of the molecule is COc1ccc(NS(=O)(=O)c2ccc3c(c2)C(=O)N(c2ccc(C)cc2)[C@@H](c2cc(Br)ccc2OC)N3Cc2ccccc2)cc1. The van der Waals surface area contributed by atoms with Gasteiger partial charge in [-0.15, -0.1) is 0 Å². The lowest BCUT2D eigenvalue weighted by Crippen LogP contribution is -2.49. The van der Waals surface area contributed by atoms with Crippen molar-refractivity contribution in [2.75, 3.05) is 28.7 Å².